The van der Waals surface area contributed by atoms with Crippen LogP contribution < -0.4 is 10.5 Å². The van der Waals surface area contributed by atoms with Gasteiger partial charge in [-0.15, -0.1) is 0 Å². The first kappa shape index (κ1) is 12.4. The number of benzene rings is 1. The molecule has 1 aromatic carbocycles. The predicted molar refractivity (Wildman–Crippen MR) is 72.3 cm³/mol. The fourth-order valence-corrected chi connectivity index (χ4v) is 2.12. The third-order valence-corrected chi connectivity index (χ3v) is 2.80. The molecule has 1 heterocycles. The Balaban J connectivity index is 2.37. The number of aryl methyl sites for hydroxylation is 1. The van der Waals surface area contributed by atoms with E-state index >= 15 is 0 Å². The van der Waals surface area contributed by atoms with Gasteiger partial charge in [-0.1, -0.05) is 15.9 Å². The molecule has 0 bridgehead atoms. The van der Waals surface area contributed by atoms with E-state index in [0.29, 0.717) is 22.9 Å². The number of aromatic nitrogens is 1. The summed E-state index contributed by atoms with van der Waals surface area (Å²) in [6.07, 6.45) is 1.53. The average molecular weight is 304 g/mol. The summed E-state index contributed by atoms with van der Waals surface area (Å²) in [5.74, 6) is 0.909. The topological polar surface area (TPSA) is 71.9 Å². The predicted octanol–water partition coefficient (Wildman–Crippen LogP) is 3.40. The zero-order chi connectivity index (χ0) is 13.1. The smallest absolute Gasteiger partial charge is 0.220 e. The standard InChI is InChI=1S/C13H10BrN3O/c1-8-4-10(14)6-11(16)13(8)18-12-5-9(7-15)2-3-17-12/h2-6H,16H2,1H3. The summed E-state index contributed by atoms with van der Waals surface area (Å²) >= 11 is 3.36. The fourth-order valence-electron chi connectivity index (χ4n) is 1.53. The minimum Gasteiger partial charge on any atom is -0.437 e. The number of hydrogen-bond acceptors (Lipinski definition) is 4. The third-order valence-electron chi connectivity index (χ3n) is 2.34. The highest BCUT2D eigenvalue weighted by molar-refractivity contribution is 9.10. The lowest BCUT2D eigenvalue weighted by molar-refractivity contribution is 0.461. The van der Waals surface area contributed by atoms with Crippen LogP contribution in [-0.2, 0) is 0 Å². The first-order valence-electron chi connectivity index (χ1n) is 5.20. The Morgan fingerprint density at radius 1 is 1.39 bits per heavy atom. The van der Waals surface area contributed by atoms with Gasteiger partial charge in [-0.3, -0.25) is 0 Å². The van der Waals surface area contributed by atoms with Crippen LogP contribution in [0.25, 0.3) is 0 Å². The van der Waals surface area contributed by atoms with Gasteiger partial charge in [-0.2, -0.15) is 5.26 Å². The zero-order valence-corrected chi connectivity index (χ0v) is 11.2. The van der Waals surface area contributed by atoms with Crippen molar-refractivity contribution in [3.05, 3.63) is 46.1 Å². The molecule has 2 N–H and O–H groups in total. The molecule has 0 amide bonds. The summed E-state index contributed by atoms with van der Waals surface area (Å²) < 4.78 is 6.52. The average Bonchev–Trinajstić information content (AvgIpc) is 2.34. The van der Waals surface area contributed by atoms with Crippen LogP contribution in [0.2, 0.25) is 0 Å². The molecule has 0 radical (unpaired) electrons. The van der Waals surface area contributed by atoms with E-state index in [1.54, 1.807) is 18.2 Å². The summed E-state index contributed by atoms with van der Waals surface area (Å²) in [6.45, 7) is 1.89. The van der Waals surface area contributed by atoms with Gasteiger partial charge in [0.1, 0.15) is 0 Å². The first-order chi connectivity index (χ1) is 8.60. The second-order valence-corrected chi connectivity index (χ2v) is 4.65. The minimum absolute atomic E-state index is 0.353. The SMILES string of the molecule is Cc1cc(Br)cc(N)c1Oc1cc(C#N)ccn1. The third kappa shape index (κ3) is 2.60. The lowest BCUT2D eigenvalue weighted by Gasteiger charge is -2.11. The molecule has 2 aromatic rings. The number of hydrogen-bond donors (Lipinski definition) is 1. The number of nitrogen functional groups attached to an aromatic ring is 1. The van der Waals surface area contributed by atoms with Gasteiger partial charge in [0.2, 0.25) is 5.88 Å². The molecule has 0 fully saturated rings. The maximum Gasteiger partial charge on any atom is 0.220 e. The number of nitrogens with two attached hydrogens (primary N) is 1. The summed E-state index contributed by atoms with van der Waals surface area (Å²) in [6, 6.07) is 8.88. The van der Waals surface area contributed by atoms with Crippen molar-refractivity contribution in [1.29, 1.82) is 5.26 Å². The molecular formula is C13H10BrN3O. The van der Waals surface area contributed by atoms with Crippen LogP contribution >= 0.6 is 15.9 Å². The van der Waals surface area contributed by atoms with Gasteiger partial charge >= 0.3 is 0 Å². The molecule has 0 saturated carbocycles. The van der Waals surface area contributed by atoms with Crippen LogP contribution in [-0.4, -0.2) is 4.98 Å². The highest BCUT2D eigenvalue weighted by Crippen LogP contribution is 2.33. The van der Waals surface area contributed by atoms with Crippen molar-refractivity contribution in [1.82, 2.24) is 4.98 Å². The molecule has 0 atom stereocenters. The lowest BCUT2D eigenvalue weighted by Crippen LogP contribution is -1.96. The zero-order valence-electron chi connectivity index (χ0n) is 9.64. The Morgan fingerprint density at radius 3 is 2.83 bits per heavy atom. The van der Waals surface area contributed by atoms with Crippen molar-refractivity contribution >= 4 is 21.6 Å². The molecule has 90 valence electrons. The highest BCUT2D eigenvalue weighted by atomic mass is 79.9. The van der Waals surface area contributed by atoms with E-state index in [4.69, 9.17) is 15.7 Å². The van der Waals surface area contributed by atoms with Crippen LogP contribution in [0, 0.1) is 18.3 Å². The maximum atomic E-state index is 8.81. The second kappa shape index (κ2) is 5.07. The van der Waals surface area contributed by atoms with Gasteiger partial charge in [0, 0.05) is 16.7 Å². The first-order valence-corrected chi connectivity index (χ1v) is 5.99. The molecule has 0 saturated heterocycles. The van der Waals surface area contributed by atoms with Gasteiger partial charge in [-0.25, -0.2) is 4.98 Å². The summed E-state index contributed by atoms with van der Waals surface area (Å²) in [7, 11) is 0. The van der Waals surface area contributed by atoms with E-state index in [1.807, 2.05) is 19.1 Å². The quantitative estimate of drug-likeness (QED) is 0.863. The van der Waals surface area contributed by atoms with Crippen LogP contribution in [0.1, 0.15) is 11.1 Å². The summed E-state index contributed by atoms with van der Waals surface area (Å²) in [4.78, 5) is 4.05. The molecule has 0 aliphatic heterocycles. The largest absolute Gasteiger partial charge is 0.437 e. The van der Waals surface area contributed by atoms with Crippen molar-refractivity contribution in [3.63, 3.8) is 0 Å². The Labute approximate surface area is 113 Å². The van der Waals surface area contributed by atoms with E-state index in [9.17, 15) is 0 Å². The molecule has 1 aromatic heterocycles. The number of rotatable bonds is 2. The minimum atomic E-state index is 0.353. The van der Waals surface area contributed by atoms with E-state index in [-0.39, 0.29) is 0 Å². The normalized spacial score (nSPS) is 9.83. The van der Waals surface area contributed by atoms with Crippen molar-refractivity contribution in [3.8, 4) is 17.7 Å². The summed E-state index contributed by atoms with van der Waals surface area (Å²) in [5, 5.41) is 8.81. The molecule has 0 aliphatic carbocycles. The van der Waals surface area contributed by atoms with E-state index in [1.165, 1.54) is 6.20 Å². The van der Waals surface area contributed by atoms with Crippen molar-refractivity contribution in [2.45, 2.75) is 6.92 Å². The monoisotopic (exact) mass is 303 g/mol. The number of halogens is 1. The van der Waals surface area contributed by atoms with Gasteiger partial charge in [0.25, 0.3) is 0 Å². The lowest BCUT2D eigenvalue weighted by atomic mass is 10.2. The van der Waals surface area contributed by atoms with Gasteiger partial charge in [0.15, 0.2) is 5.75 Å². The number of nitrogens with zero attached hydrogens (tertiary/aromatic N) is 2. The number of pyridine rings is 1. The maximum absolute atomic E-state index is 8.81. The van der Waals surface area contributed by atoms with E-state index in [0.717, 1.165) is 10.0 Å². The number of nitriles is 1. The Bertz CT molecular complexity index is 611. The van der Waals surface area contributed by atoms with Crippen LogP contribution in [0.4, 0.5) is 5.69 Å². The Kier molecular flexibility index (Phi) is 3.49. The van der Waals surface area contributed by atoms with Crippen LogP contribution in [0.15, 0.2) is 34.9 Å². The molecule has 18 heavy (non-hydrogen) atoms. The Hall–Kier alpha value is -2.06. The van der Waals surface area contributed by atoms with Crippen LogP contribution in [0.3, 0.4) is 0 Å². The summed E-state index contributed by atoms with van der Waals surface area (Å²) in [5.41, 5.74) is 7.80. The fraction of sp³-hybridized carbons (Fsp3) is 0.0769. The molecule has 0 aliphatic rings. The number of anilines is 1. The molecule has 0 spiro atoms. The molecular weight excluding hydrogens is 294 g/mol. The molecule has 0 unspecified atom stereocenters. The van der Waals surface area contributed by atoms with Crippen molar-refractivity contribution in [2.75, 3.05) is 5.73 Å². The van der Waals surface area contributed by atoms with Gasteiger partial charge < -0.3 is 10.5 Å². The molecule has 5 heteroatoms. The van der Waals surface area contributed by atoms with E-state index < -0.39 is 0 Å². The van der Waals surface area contributed by atoms with Gasteiger partial charge in [-0.05, 0) is 30.7 Å². The van der Waals surface area contributed by atoms with E-state index in [2.05, 4.69) is 20.9 Å². The van der Waals surface area contributed by atoms with Crippen LogP contribution in [0.5, 0.6) is 11.6 Å². The molecule has 2 rings (SSSR count). The van der Waals surface area contributed by atoms with Gasteiger partial charge in [0.05, 0.1) is 17.3 Å². The molecule has 4 nitrogen and oxygen atoms in total. The Morgan fingerprint density at radius 2 is 2.17 bits per heavy atom. The van der Waals surface area contributed by atoms with Crippen molar-refractivity contribution in [2.24, 2.45) is 0 Å². The highest BCUT2D eigenvalue weighted by Gasteiger charge is 2.08. The van der Waals surface area contributed by atoms with Crippen molar-refractivity contribution < 1.29 is 4.74 Å². The second-order valence-electron chi connectivity index (χ2n) is 3.74. The number of ether oxygens (including phenoxy) is 1.